The molecule has 0 radical (unpaired) electrons. The Labute approximate surface area is 183 Å². The highest BCUT2D eigenvalue weighted by molar-refractivity contribution is 6.34. The molecule has 7 heteroatoms. The van der Waals surface area contributed by atoms with Crippen molar-refractivity contribution < 1.29 is 14.7 Å². The summed E-state index contributed by atoms with van der Waals surface area (Å²) < 4.78 is 0. The lowest BCUT2D eigenvalue weighted by Crippen LogP contribution is -2.55. The van der Waals surface area contributed by atoms with Crippen molar-refractivity contribution in [2.75, 3.05) is 18.4 Å². The fourth-order valence-corrected chi connectivity index (χ4v) is 6.67. The van der Waals surface area contributed by atoms with E-state index in [1.165, 1.54) is 38.5 Å². The van der Waals surface area contributed by atoms with Crippen molar-refractivity contribution in [3.8, 4) is 0 Å². The topological polar surface area (TPSA) is 90.5 Å². The van der Waals surface area contributed by atoms with Gasteiger partial charge in [-0.25, -0.2) is 4.79 Å². The number of rotatable bonds is 8. The van der Waals surface area contributed by atoms with E-state index in [2.05, 4.69) is 16.0 Å². The van der Waals surface area contributed by atoms with E-state index in [0.717, 1.165) is 17.8 Å². The molecule has 0 aromatic heterocycles. The van der Waals surface area contributed by atoms with Crippen molar-refractivity contribution in [1.82, 2.24) is 10.6 Å². The van der Waals surface area contributed by atoms with Gasteiger partial charge < -0.3 is 15.7 Å². The van der Waals surface area contributed by atoms with Crippen molar-refractivity contribution in [2.45, 2.75) is 58.0 Å². The number of aliphatic carboxylic acids is 1. The quantitative estimate of drug-likeness (QED) is 0.463. The first-order valence-electron chi connectivity index (χ1n) is 11.1. The molecule has 4 aliphatic rings. The van der Waals surface area contributed by atoms with Crippen LogP contribution in [0.25, 0.3) is 0 Å². The summed E-state index contributed by atoms with van der Waals surface area (Å²) in [4.78, 5) is 24.7. The van der Waals surface area contributed by atoms with Crippen LogP contribution in [-0.4, -0.2) is 35.7 Å². The first-order valence-corrected chi connectivity index (χ1v) is 11.4. The molecule has 0 saturated heterocycles. The molecule has 0 heterocycles. The van der Waals surface area contributed by atoms with Crippen molar-refractivity contribution in [3.05, 3.63) is 28.8 Å². The van der Waals surface area contributed by atoms with E-state index in [1.807, 2.05) is 6.92 Å². The second-order valence-corrected chi connectivity index (χ2v) is 10.3. The largest absolute Gasteiger partial charge is 0.478 e. The van der Waals surface area contributed by atoms with Crippen LogP contribution in [0.3, 0.4) is 0 Å². The number of hydrogen-bond donors (Lipinski definition) is 4. The summed E-state index contributed by atoms with van der Waals surface area (Å²) in [6, 6.07) is 4.96. The summed E-state index contributed by atoms with van der Waals surface area (Å²) in [5, 5.41) is 19.0. The fraction of sp³-hybridized carbons (Fsp3) is 0.652. The Balaban J connectivity index is 1.45. The molecule has 4 saturated carbocycles. The zero-order valence-electron chi connectivity index (χ0n) is 17.8. The molecular formula is C23H32ClN3O3. The number of nitrogens with one attached hydrogen (secondary N) is 3. The molecule has 164 valence electrons. The number of carbonyl (C=O) groups is 2. The van der Waals surface area contributed by atoms with Gasteiger partial charge in [0.25, 0.3) is 5.91 Å². The number of anilines is 1. The van der Waals surface area contributed by atoms with Gasteiger partial charge in [-0.2, -0.15) is 0 Å². The molecule has 1 amide bonds. The van der Waals surface area contributed by atoms with Gasteiger partial charge in [0, 0.05) is 12.2 Å². The van der Waals surface area contributed by atoms with E-state index in [-0.39, 0.29) is 11.3 Å². The summed E-state index contributed by atoms with van der Waals surface area (Å²) in [6.45, 7) is 4.59. The van der Waals surface area contributed by atoms with Gasteiger partial charge >= 0.3 is 5.97 Å². The number of benzene rings is 1. The van der Waals surface area contributed by atoms with Crippen LogP contribution in [0.5, 0.6) is 0 Å². The lowest BCUT2D eigenvalue weighted by atomic mass is 9.49. The molecule has 1 aromatic carbocycles. The lowest BCUT2D eigenvalue weighted by Gasteiger charge is -2.56. The number of carbonyl (C=O) groups excluding carboxylic acids is 1. The zero-order chi connectivity index (χ0) is 21.5. The van der Waals surface area contributed by atoms with Crippen LogP contribution in [0.1, 0.15) is 62.7 Å². The Hall–Kier alpha value is -1.79. The van der Waals surface area contributed by atoms with Crippen LogP contribution in [0, 0.1) is 23.2 Å². The highest BCUT2D eigenvalue weighted by Crippen LogP contribution is 2.59. The SMILES string of the molecule is CCNC(C)(Nc1ccc(Cl)c(C(=O)NCC23CC4CC(CC(C4)C2)C3)c1)C(=O)O. The van der Waals surface area contributed by atoms with Crippen LogP contribution >= 0.6 is 11.6 Å². The van der Waals surface area contributed by atoms with Crippen molar-refractivity contribution >= 4 is 29.2 Å². The molecular weight excluding hydrogens is 402 g/mol. The molecule has 6 nitrogen and oxygen atoms in total. The third-order valence-corrected chi connectivity index (χ3v) is 7.68. The Morgan fingerprint density at radius 3 is 2.30 bits per heavy atom. The maximum Gasteiger partial charge on any atom is 0.344 e. The van der Waals surface area contributed by atoms with E-state index in [0.29, 0.717) is 29.4 Å². The Kier molecular flexibility index (Phi) is 5.75. The molecule has 4 N–H and O–H groups in total. The van der Waals surface area contributed by atoms with Crippen LogP contribution < -0.4 is 16.0 Å². The average Bonchev–Trinajstić information content (AvgIpc) is 2.67. The van der Waals surface area contributed by atoms with Crippen molar-refractivity contribution in [1.29, 1.82) is 0 Å². The highest BCUT2D eigenvalue weighted by Gasteiger charge is 2.50. The fourth-order valence-electron chi connectivity index (χ4n) is 6.46. The Bertz CT molecular complexity index is 808. The van der Waals surface area contributed by atoms with Crippen molar-refractivity contribution in [3.63, 3.8) is 0 Å². The second-order valence-electron chi connectivity index (χ2n) is 9.88. The number of halogens is 1. The minimum Gasteiger partial charge on any atom is -0.478 e. The molecule has 0 aliphatic heterocycles. The van der Waals surface area contributed by atoms with Crippen LogP contribution in [0.4, 0.5) is 5.69 Å². The van der Waals surface area contributed by atoms with Gasteiger partial charge in [0.2, 0.25) is 0 Å². The summed E-state index contributed by atoms with van der Waals surface area (Å²) in [5.74, 6) is 1.30. The normalized spacial score (nSPS) is 31.2. The van der Waals surface area contributed by atoms with Gasteiger partial charge in [-0.3, -0.25) is 10.1 Å². The standard InChI is InChI=1S/C23H32ClN3O3/c1-3-26-22(2,21(29)30)27-17-4-5-19(24)18(9-17)20(28)25-13-23-10-14-6-15(11-23)8-16(7-14)12-23/h4-5,9,14-16,26-27H,3,6-8,10-13H2,1-2H3,(H,25,28)(H,29,30). The summed E-state index contributed by atoms with van der Waals surface area (Å²) in [7, 11) is 0. The maximum absolute atomic E-state index is 13.0. The van der Waals surface area contributed by atoms with E-state index in [1.54, 1.807) is 25.1 Å². The average molecular weight is 434 g/mol. The van der Waals surface area contributed by atoms with Crippen molar-refractivity contribution in [2.24, 2.45) is 23.2 Å². The number of carboxylic acid groups (broad SMARTS) is 1. The minimum atomic E-state index is -1.34. The predicted molar refractivity (Wildman–Crippen MR) is 118 cm³/mol. The Morgan fingerprint density at radius 1 is 1.17 bits per heavy atom. The third kappa shape index (κ3) is 4.17. The maximum atomic E-state index is 13.0. The number of likely N-dealkylation sites (N-methyl/N-ethyl adjacent to an activating group) is 1. The second kappa shape index (κ2) is 8.04. The lowest BCUT2D eigenvalue weighted by molar-refractivity contribution is -0.142. The number of amides is 1. The molecule has 1 unspecified atom stereocenters. The molecule has 1 aromatic rings. The van der Waals surface area contributed by atoms with Crippen LogP contribution in [0.2, 0.25) is 5.02 Å². The predicted octanol–water partition coefficient (Wildman–Crippen LogP) is 4.11. The van der Waals surface area contributed by atoms with Gasteiger partial charge in [0.15, 0.2) is 5.66 Å². The third-order valence-electron chi connectivity index (χ3n) is 7.35. The first kappa shape index (κ1) is 21.4. The summed E-state index contributed by atoms with van der Waals surface area (Å²) in [6.07, 6.45) is 7.82. The van der Waals surface area contributed by atoms with E-state index < -0.39 is 11.6 Å². The van der Waals surface area contributed by atoms with Gasteiger partial charge in [-0.1, -0.05) is 18.5 Å². The molecule has 0 spiro atoms. The van der Waals surface area contributed by atoms with Gasteiger partial charge in [0.1, 0.15) is 0 Å². The summed E-state index contributed by atoms with van der Waals surface area (Å²) >= 11 is 6.32. The van der Waals surface area contributed by atoms with E-state index >= 15 is 0 Å². The zero-order valence-corrected chi connectivity index (χ0v) is 18.5. The number of carboxylic acids is 1. The molecule has 4 aliphatic carbocycles. The monoisotopic (exact) mass is 433 g/mol. The van der Waals surface area contributed by atoms with Crippen LogP contribution in [0.15, 0.2) is 18.2 Å². The first-order chi connectivity index (χ1) is 14.2. The van der Waals surface area contributed by atoms with Crippen LogP contribution in [-0.2, 0) is 4.79 Å². The summed E-state index contributed by atoms with van der Waals surface area (Å²) in [5.41, 5.74) is -0.185. The minimum absolute atomic E-state index is 0.195. The Morgan fingerprint density at radius 2 is 1.77 bits per heavy atom. The van der Waals surface area contributed by atoms with Gasteiger partial charge in [-0.15, -0.1) is 0 Å². The van der Waals surface area contributed by atoms with E-state index in [9.17, 15) is 14.7 Å². The molecule has 4 fully saturated rings. The van der Waals surface area contributed by atoms with Gasteiger partial charge in [0.05, 0.1) is 10.6 Å². The number of hydrogen-bond acceptors (Lipinski definition) is 4. The van der Waals surface area contributed by atoms with Gasteiger partial charge in [-0.05, 0) is 93.4 Å². The molecule has 5 rings (SSSR count). The molecule has 4 bridgehead atoms. The molecule has 30 heavy (non-hydrogen) atoms. The molecule has 1 atom stereocenters. The smallest absolute Gasteiger partial charge is 0.344 e. The highest BCUT2D eigenvalue weighted by atomic mass is 35.5. The van der Waals surface area contributed by atoms with E-state index in [4.69, 9.17) is 11.6 Å².